The number of H-pyrrole nitrogens is 1. The lowest BCUT2D eigenvalue weighted by molar-refractivity contribution is -0.000635. The molecule has 0 radical (unpaired) electrons. The molecule has 0 aliphatic heterocycles. The lowest BCUT2D eigenvalue weighted by Gasteiger charge is -2.52. The Morgan fingerprint density at radius 2 is 1.56 bits per heavy atom. The van der Waals surface area contributed by atoms with E-state index in [-0.39, 0.29) is 21.7 Å². The molecule has 0 spiro atoms. The van der Waals surface area contributed by atoms with E-state index in [1.165, 1.54) is 40.3 Å². The van der Waals surface area contributed by atoms with Crippen molar-refractivity contribution in [2.45, 2.75) is 85.0 Å². The summed E-state index contributed by atoms with van der Waals surface area (Å²) >= 11 is 0. The van der Waals surface area contributed by atoms with Crippen molar-refractivity contribution >= 4 is 27.6 Å². The van der Waals surface area contributed by atoms with Gasteiger partial charge in [0.15, 0.2) is 5.78 Å². The maximum atomic E-state index is 14.1. The van der Waals surface area contributed by atoms with Crippen LogP contribution in [-0.2, 0) is 10.8 Å². The molecule has 4 unspecified atom stereocenters. The van der Waals surface area contributed by atoms with Crippen LogP contribution in [0, 0.1) is 22.7 Å². The summed E-state index contributed by atoms with van der Waals surface area (Å²) in [7, 11) is 0. The molecule has 0 amide bonds. The molecule has 4 aliphatic rings. The molecule has 2 aromatic carbocycles. The fourth-order valence-corrected chi connectivity index (χ4v) is 8.21. The van der Waals surface area contributed by atoms with Crippen LogP contribution < -0.4 is 0 Å². The highest BCUT2D eigenvalue weighted by Gasteiger charge is 2.64. The van der Waals surface area contributed by atoms with Gasteiger partial charge in [0.25, 0.3) is 0 Å². The van der Waals surface area contributed by atoms with Crippen molar-refractivity contribution in [2.24, 2.45) is 22.7 Å². The molecule has 2 fully saturated rings. The molecular weight excluding hydrogens is 390 g/mol. The van der Waals surface area contributed by atoms with Crippen molar-refractivity contribution < 1.29 is 4.79 Å². The average molecular weight is 428 g/mol. The summed E-state index contributed by atoms with van der Waals surface area (Å²) in [4.78, 5) is 17.8. The van der Waals surface area contributed by atoms with Crippen molar-refractivity contribution in [1.29, 1.82) is 0 Å². The second-order valence-corrected chi connectivity index (χ2v) is 13.4. The van der Waals surface area contributed by atoms with Crippen LogP contribution in [0.1, 0.15) is 95.6 Å². The number of aromatic nitrogens is 1. The van der Waals surface area contributed by atoms with Crippen molar-refractivity contribution in [1.82, 2.24) is 4.98 Å². The number of aromatic amines is 1. The zero-order valence-corrected chi connectivity index (χ0v) is 20.8. The number of hydrogen-bond donors (Lipinski definition) is 1. The third-order valence-electron chi connectivity index (χ3n) is 9.99. The minimum atomic E-state index is -0.220. The summed E-state index contributed by atoms with van der Waals surface area (Å²) in [5.74, 6) is 1.46. The lowest BCUT2D eigenvalue weighted by Crippen LogP contribution is -2.50. The van der Waals surface area contributed by atoms with E-state index in [4.69, 9.17) is 0 Å². The molecule has 2 nitrogen and oxygen atoms in total. The largest absolute Gasteiger partial charge is 0.354 e. The lowest BCUT2D eigenvalue weighted by atomic mass is 9.51. The molecule has 2 bridgehead atoms. The van der Waals surface area contributed by atoms with Gasteiger partial charge in [0.2, 0.25) is 0 Å². The minimum absolute atomic E-state index is 0.0606. The van der Waals surface area contributed by atoms with Gasteiger partial charge < -0.3 is 4.98 Å². The Hall–Kier alpha value is -2.09. The van der Waals surface area contributed by atoms with E-state index >= 15 is 0 Å². The van der Waals surface area contributed by atoms with Crippen molar-refractivity contribution in [2.75, 3.05) is 0 Å². The zero-order chi connectivity index (χ0) is 22.8. The fraction of sp³-hybridized carbons (Fsp3) is 0.567. The van der Waals surface area contributed by atoms with Crippen LogP contribution in [0.3, 0.4) is 0 Å². The minimum Gasteiger partial charge on any atom is -0.354 e. The zero-order valence-electron chi connectivity index (χ0n) is 20.8. The Kier molecular flexibility index (Phi) is 3.77. The molecule has 1 aromatic heterocycles. The highest BCUT2D eigenvalue weighted by atomic mass is 16.1. The number of ketones is 1. The van der Waals surface area contributed by atoms with Crippen molar-refractivity contribution in [3.8, 4) is 0 Å². The molecule has 3 aromatic rings. The van der Waals surface area contributed by atoms with Crippen molar-refractivity contribution in [3.63, 3.8) is 0 Å². The van der Waals surface area contributed by atoms with E-state index < -0.39 is 0 Å². The summed E-state index contributed by atoms with van der Waals surface area (Å²) in [6.45, 7) is 16.5. The van der Waals surface area contributed by atoms with Gasteiger partial charge in [-0.15, -0.1) is 0 Å². The SMILES string of the molecule is CC(C)(C)c1ccc2[nH]c3cc4c(cc3c2c1)C1(C)CCC(C)(C4=O)C2CCC(C)(C)C21. The van der Waals surface area contributed by atoms with Gasteiger partial charge in [-0.25, -0.2) is 0 Å². The number of nitrogens with one attached hydrogen (secondary N) is 1. The van der Waals surface area contributed by atoms with Gasteiger partial charge in [-0.05, 0) is 89.2 Å². The topological polar surface area (TPSA) is 32.9 Å². The van der Waals surface area contributed by atoms with Crippen LogP contribution in [-0.4, -0.2) is 10.8 Å². The summed E-state index contributed by atoms with van der Waals surface area (Å²) in [5, 5.41) is 2.57. The Balaban J connectivity index is 1.67. The summed E-state index contributed by atoms with van der Waals surface area (Å²) < 4.78 is 0. The second-order valence-electron chi connectivity index (χ2n) is 13.4. The van der Waals surface area contributed by atoms with Crippen molar-refractivity contribution in [3.05, 3.63) is 47.0 Å². The molecule has 2 heteroatoms. The second kappa shape index (κ2) is 5.88. The summed E-state index contributed by atoms with van der Waals surface area (Å²) in [5.41, 5.74) is 6.17. The molecule has 1 heterocycles. The van der Waals surface area contributed by atoms with Gasteiger partial charge in [0, 0.05) is 32.8 Å². The smallest absolute Gasteiger partial charge is 0.169 e. The number of fused-ring (bicyclic) bond motifs is 4. The van der Waals surface area contributed by atoms with Gasteiger partial charge >= 0.3 is 0 Å². The van der Waals surface area contributed by atoms with Crippen LogP contribution in [0.5, 0.6) is 0 Å². The van der Waals surface area contributed by atoms with E-state index in [2.05, 4.69) is 83.8 Å². The molecule has 32 heavy (non-hydrogen) atoms. The Morgan fingerprint density at radius 3 is 2.28 bits per heavy atom. The number of Topliss-reactive ketones (excluding diaryl/α,β-unsaturated/α-hetero) is 1. The van der Waals surface area contributed by atoms with Gasteiger partial charge in [-0.1, -0.05) is 54.5 Å². The van der Waals surface area contributed by atoms with Gasteiger partial charge in [-0.3, -0.25) is 4.79 Å². The monoisotopic (exact) mass is 427 g/mol. The standard InChI is InChI=1S/C30H37NO/c1-27(2,3)17-8-9-23-18(14-17)19-15-22-20(16-24(19)31-23)26(32)30(7)13-12-29(22,6)25-21(30)10-11-28(25,4)5/h8-9,14-16,21,25,31H,10-13H2,1-7H3. The molecule has 4 aliphatic carbocycles. The van der Waals surface area contributed by atoms with Gasteiger partial charge in [0.05, 0.1) is 0 Å². The molecule has 0 saturated heterocycles. The Bertz CT molecular complexity index is 1300. The number of hydrogen-bond acceptors (Lipinski definition) is 1. The van der Waals surface area contributed by atoms with E-state index in [9.17, 15) is 4.79 Å². The molecule has 2 saturated carbocycles. The summed E-state index contributed by atoms with van der Waals surface area (Å²) in [6, 6.07) is 11.4. The molecular formula is C30H37NO. The first-order valence-electron chi connectivity index (χ1n) is 12.5. The van der Waals surface area contributed by atoms with Crippen LogP contribution >= 0.6 is 0 Å². The first kappa shape index (κ1) is 20.5. The van der Waals surface area contributed by atoms with Crippen LogP contribution in [0.15, 0.2) is 30.3 Å². The van der Waals surface area contributed by atoms with Crippen LogP contribution in [0.25, 0.3) is 21.8 Å². The van der Waals surface area contributed by atoms with Gasteiger partial charge in [0.1, 0.15) is 0 Å². The third-order valence-corrected chi connectivity index (χ3v) is 9.99. The summed E-state index contributed by atoms with van der Waals surface area (Å²) in [6.07, 6.45) is 4.57. The number of benzene rings is 2. The quantitative estimate of drug-likeness (QED) is 0.388. The van der Waals surface area contributed by atoms with E-state index in [0.717, 1.165) is 23.9 Å². The predicted octanol–water partition coefficient (Wildman–Crippen LogP) is 7.93. The number of carbonyl (C=O) groups excluding carboxylic acids is 1. The number of rotatable bonds is 0. The van der Waals surface area contributed by atoms with Gasteiger partial charge in [-0.2, -0.15) is 0 Å². The Labute approximate surface area is 192 Å². The first-order chi connectivity index (χ1) is 14.9. The van der Waals surface area contributed by atoms with Crippen LogP contribution in [0.4, 0.5) is 0 Å². The average Bonchev–Trinajstić information content (AvgIpc) is 3.22. The van der Waals surface area contributed by atoms with E-state index in [1.807, 2.05) is 0 Å². The maximum Gasteiger partial charge on any atom is 0.169 e. The Morgan fingerprint density at radius 1 is 0.875 bits per heavy atom. The predicted molar refractivity (Wildman–Crippen MR) is 134 cm³/mol. The van der Waals surface area contributed by atoms with E-state index in [0.29, 0.717) is 17.6 Å². The third kappa shape index (κ3) is 2.39. The highest BCUT2D eigenvalue weighted by Crippen LogP contribution is 2.68. The first-order valence-corrected chi connectivity index (χ1v) is 12.5. The highest BCUT2D eigenvalue weighted by molar-refractivity contribution is 6.12. The molecule has 168 valence electrons. The molecule has 7 rings (SSSR count). The molecule has 4 atom stereocenters. The number of carbonyl (C=O) groups is 1. The van der Waals surface area contributed by atoms with Crippen LogP contribution in [0.2, 0.25) is 0 Å². The fourth-order valence-electron chi connectivity index (χ4n) is 8.21. The maximum absolute atomic E-state index is 14.1. The molecule has 1 N–H and O–H groups in total. The normalized spacial score (nSPS) is 33.5. The van der Waals surface area contributed by atoms with E-state index in [1.54, 1.807) is 0 Å².